The van der Waals surface area contributed by atoms with E-state index in [1.54, 1.807) is 13.8 Å². The van der Waals surface area contributed by atoms with Crippen molar-refractivity contribution < 1.29 is 18.3 Å². The molecule has 0 aromatic carbocycles. The van der Waals surface area contributed by atoms with Gasteiger partial charge in [0.05, 0.1) is 5.75 Å². The van der Waals surface area contributed by atoms with E-state index in [9.17, 15) is 13.2 Å². The minimum absolute atomic E-state index is 0.0288. The summed E-state index contributed by atoms with van der Waals surface area (Å²) in [6.45, 7) is 3.46. The van der Waals surface area contributed by atoms with Gasteiger partial charge in [-0.1, -0.05) is 19.3 Å². The van der Waals surface area contributed by atoms with Crippen molar-refractivity contribution in [1.29, 1.82) is 0 Å². The Bertz CT molecular complexity index is 397. The molecule has 1 fully saturated rings. The summed E-state index contributed by atoms with van der Waals surface area (Å²) < 4.78 is 26.8. The van der Waals surface area contributed by atoms with Gasteiger partial charge in [0.1, 0.15) is 0 Å². The Morgan fingerprint density at radius 2 is 1.84 bits per heavy atom. The first kappa shape index (κ1) is 16.4. The van der Waals surface area contributed by atoms with Crippen molar-refractivity contribution in [3.8, 4) is 0 Å². The molecule has 2 N–H and O–H groups in total. The Balaban J connectivity index is 2.49. The first-order valence-electron chi connectivity index (χ1n) is 6.94. The molecular weight excluding hydrogens is 266 g/mol. The Labute approximate surface area is 115 Å². The highest BCUT2D eigenvalue weighted by atomic mass is 32.2. The molecule has 6 heteroatoms. The Morgan fingerprint density at radius 3 is 2.37 bits per heavy atom. The van der Waals surface area contributed by atoms with E-state index in [2.05, 4.69) is 4.72 Å². The molecule has 0 aromatic heterocycles. The van der Waals surface area contributed by atoms with Crippen molar-refractivity contribution in [2.24, 2.45) is 5.92 Å². The Morgan fingerprint density at radius 1 is 1.26 bits per heavy atom. The van der Waals surface area contributed by atoms with Gasteiger partial charge in [-0.05, 0) is 39.0 Å². The molecule has 0 bridgehead atoms. The third-order valence-electron chi connectivity index (χ3n) is 3.58. The molecule has 0 amide bonds. The highest BCUT2D eigenvalue weighted by Gasteiger charge is 2.28. The molecule has 1 aliphatic carbocycles. The maximum atomic E-state index is 12.1. The summed E-state index contributed by atoms with van der Waals surface area (Å²) in [7, 11) is -3.33. The van der Waals surface area contributed by atoms with Gasteiger partial charge >= 0.3 is 5.97 Å². The normalized spacial score (nSPS) is 18.4. The molecule has 1 aliphatic rings. The summed E-state index contributed by atoms with van der Waals surface area (Å²) in [4.78, 5) is 10.6. The van der Waals surface area contributed by atoms with E-state index in [-0.39, 0.29) is 18.1 Å². The van der Waals surface area contributed by atoms with Gasteiger partial charge in [-0.25, -0.2) is 13.1 Å². The fraction of sp³-hybridized carbons (Fsp3) is 0.923. The molecule has 112 valence electrons. The van der Waals surface area contributed by atoms with Crippen molar-refractivity contribution in [2.75, 3.05) is 5.75 Å². The summed E-state index contributed by atoms with van der Waals surface area (Å²) in [6.07, 6.45) is 5.66. The van der Waals surface area contributed by atoms with Gasteiger partial charge in [0.2, 0.25) is 10.0 Å². The number of rotatable bonds is 7. The van der Waals surface area contributed by atoms with Crippen molar-refractivity contribution in [3.63, 3.8) is 0 Å². The maximum Gasteiger partial charge on any atom is 0.303 e. The van der Waals surface area contributed by atoms with Crippen LogP contribution in [0.1, 0.15) is 58.8 Å². The molecule has 0 aliphatic heterocycles. The summed E-state index contributed by atoms with van der Waals surface area (Å²) in [5, 5.41) is 8.66. The van der Waals surface area contributed by atoms with Crippen LogP contribution < -0.4 is 4.72 Å². The summed E-state index contributed by atoms with van der Waals surface area (Å²) in [5.41, 5.74) is -0.702. The number of hydrogen-bond donors (Lipinski definition) is 2. The van der Waals surface area contributed by atoms with Crippen molar-refractivity contribution in [2.45, 2.75) is 64.3 Å². The number of hydrogen-bond acceptors (Lipinski definition) is 3. The maximum absolute atomic E-state index is 12.1. The molecule has 0 heterocycles. The lowest BCUT2D eigenvalue weighted by Crippen LogP contribution is -2.45. The number of aliphatic carboxylic acids is 1. The molecule has 19 heavy (non-hydrogen) atoms. The minimum atomic E-state index is -3.33. The van der Waals surface area contributed by atoms with Crippen LogP contribution in [-0.2, 0) is 14.8 Å². The molecule has 1 rings (SSSR count). The molecule has 0 atom stereocenters. The zero-order chi connectivity index (χ0) is 14.5. The Kier molecular flexibility index (Phi) is 5.80. The number of carbonyl (C=O) groups is 1. The monoisotopic (exact) mass is 291 g/mol. The summed E-state index contributed by atoms with van der Waals surface area (Å²) in [6, 6.07) is 0. The van der Waals surface area contributed by atoms with Gasteiger partial charge < -0.3 is 5.11 Å². The van der Waals surface area contributed by atoms with Crippen molar-refractivity contribution in [1.82, 2.24) is 4.72 Å². The van der Waals surface area contributed by atoms with Crippen LogP contribution in [0, 0.1) is 5.92 Å². The van der Waals surface area contributed by atoms with E-state index in [0.717, 1.165) is 25.7 Å². The van der Waals surface area contributed by atoms with Gasteiger partial charge in [-0.3, -0.25) is 4.79 Å². The van der Waals surface area contributed by atoms with Crippen LogP contribution in [0.3, 0.4) is 0 Å². The van der Waals surface area contributed by atoms with Crippen LogP contribution in [0.25, 0.3) is 0 Å². The van der Waals surface area contributed by atoms with Crippen LogP contribution in [0.4, 0.5) is 0 Å². The minimum Gasteiger partial charge on any atom is -0.481 e. The predicted molar refractivity (Wildman–Crippen MR) is 74.4 cm³/mol. The molecule has 0 unspecified atom stereocenters. The first-order valence-corrected chi connectivity index (χ1v) is 8.59. The van der Waals surface area contributed by atoms with Gasteiger partial charge in [0.25, 0.3) is 0 Å². The lowest BCUT2D eigenvalue weighted by molar-refractivity contribution is -0.137. The number of sulfonamides is 1. The lowest BCUT2D eigenvalue weighted by atomic mass is 9.91. The topological polar surface area (TPSA) is 83.5 Å². The lowest BCUT2D eigenvalue weighted by Gasteiger charge is -2.28. The van der Waals surface area contributed by atoms with E-state index in [0.29, 0.717) is 6.42 Å². The van der Waals surface area contributed by atoms with E-state index in [1.807, 2.05) is 0 Å². The van der Waals surface area contributed by atoms with Gasteiger partial charge in [-0.15, -0.1) is 0 Å². The van der Waals surface area contributed by atoms with E-state index in [1.165, 1.54) is 6.42 Å². The fourth-order valence-electron chi connectivity index (χ4n) is 2.60. The molecule has 0 spiro atoms. The third kappa shape index (κ3) is 6.92. The largest absolute Gasteiger partial charge is 0.481 e. The predicted octanol–water partition coefficient (Wildman–Crippen LogP) is 2.13. The first-order chi connectivity index (χ1) is 8.70. The molecule has 1 saturated carbocycles. The van der Waals surface area contributed by atoms with Crippen LogP contribution in [0.2, 0.25) is 0 Å². The highest BCUT2D eigenvalue weighted by Crippen LogP contribution is 2.25. The number of nitrogens with one attached hydrogen (secondary N) is 1. The second-order valence-corrected chi connectivity index (χ2v) is 7.93. The highest BCUT2D eigenvalue weighted by molar-refractivity contribution is 7.89. The molecule has 0 aromatic rings. The van der Waals surface area contributed by atoms with Crippen LogP contribution in [-0.4, -0.2) is 30.8 Å². The SMILES string of the molecule is CC(C)(CCC(=O)O)NS(=O)(=O)CC1CCCCC1. The quantitative estimate of drug-likeness (QED) is 0.752. The standard InChI is InChI=1S/C13H25NO4S/c1-13(2,9-8-12(15)16)14-19(17,18)10-11-6-4-3-5-7-11/h11,14H,3-10H2,1-2H3,(H,15,16). The molecule has 5 nitrogen and oxygen atoms in total. The zero-order valence-electron chi connectivity index (χ0n) is 11.8. The Hall–Kier alpha value is -0.620. The number of carboxylic acids is 1. The smallest absolute Gasteiger partial charge is 0.303 e. The van der Waals surface area contributed by atoms with Crippen molar-refractivity contribution in [3.05, 3.63) is 0 Å². The van der Waals surface area contributed by atoms with Gasteiger partial charge in [0, 0.05) is 12.0 Å². The third-order valence-corrected chi connectivity index (χ3v) is 5.35. The van der Waals surface area contributed by atoms with Crippen molar-refractivity contribution >= 4 is 16.0 Å². The van der Waals surface area contributed by atoms with Crippen LogP contribution >= 0.6 is 0 Å². The van der Waals surface area contributed by atoms with E-state index < -0.39 is 21.5 Å². The second-order valence-electron chi connectivity index (χ2n) is 6.17. The molecular formula is C13H25NO4S. The summed E-state index contributed by atoms with van der Waals surface area (Å²) in [5.74, 6) is -0.482. The van der Waals surface area contributed by atoms with E-state index >= 15 is 0 Å². The van der Waals surface area contributed by atoms with Gasteiger partial charge in [-0.2, -0.15) is 0 Å². The van der Waals surface area contributed by atoms with Crippen LogP contribution in [0.15, 0.2) is 0 Å². The average molecular weight is 291 g/mol. The van der Waals surface area contributed by atoms with Gasteiger partial charge in [0.15, 0.2) is 0 Å². The fourth-order valence-corrected chi connectivity index (χ4v) is 4.58. The second kappa shape index (κ2) is 6.70. The number of carboxylic acid groups (broad SMARTS) is 1. The van der Waals surface area contributed by atoms with E-state index in [4.69, 9.17) is 5.11 Å². The molecule has 0 radical (unpaired) electrons. The van der Waals surface area contributed by atoms with Crippen LogP contribution in [0.5, 0.6) is 0 Å². The summed E-state index contributed by atoms with van der Waals surface area (Å²) >= 11 is 0. The average Bonchev–Trinajstić information content (AvgIpc) is 2.25. The molecule has 0 saturated heterocycles. The zero-order valence-corrected chi connectivity index (χ0v) is 12.6.